The van der Waals surface area contributed by atoms with Crippen LogP contribution in [0.5, 0.6) is 0 Å². The predicted octanol–water partition coefficient (Wildman–Crippen LogP) is 0.929. The predicted molar refractivity (Wildman–Crippen MR) is 73.5 cm³/mol. The number of nitrogens with zero attached hydrogens (tertiary/aromatic N) is 2. The molecule has 1 amide bonds. The van der Waals surface area contributed by atoms with E-state index in [0.29, 0.717) is 18.4 Å². The van der Waals surface area contributed by atoms with E-state index in [1.165, 1.54) is 0 Å². The van der Waals surface area contributed by atoms with Crippen LogP contribution in [-0.4, -0.2) is 61.0 Å². The number of rotatable bonds is 2. The second-order valence-corrected chi connectivity index (χ2v) is 6.25. The molecule has 0 spiro atoms. The van der Waals surface area contributed by atoms with Gasteiger partial charge in [0.25, 0.3) is 0 Å². The summed E-state index contributed by atoms with van der Waals surface area (Å²) in [5.41, 5.74) is 0.209. The van der Waals surface area contributed by atoms with E-state index in [2.05, 4.69) is 29.0 Å². The molecule has 2 heterocycles. The summed E-state index contributed by atoms with van der Waals surface area (Å²) in [5, 5.41) is 3.41. The van der Waals surface area contributed by atoms with Crippen molar-refractivity contribution in [2.45, 2.75) is 39.7 Å². The quantitative estimate of drug-likeness (QED) is 0.795. The number of carbonyl (C=O) groups excluding carboxylic acids is 1. The summed E-state index contributed by atoms with van der Waals surface area (Å²) in [6, 6.07) is 0.625. The van der Waals surface area contributed by atoms with Gasteiger partial charge in [0.15, 0.2) is 0 Å². The number of likely N-dealkylation sites (tertiary alicyclic amines) is 1. The molecule has 104 valence electrons. The molecule has 1 unspecified atom stereocenters. The average molecular weight is 253 g/mol. The largest absolute Gasteiger partial charge is 0.342 e. The molecule has 4 heteroatoms. The Kier molecular flexibility index (Phi) is 4.28. The van der Waals surface area contributed by atoms with Gasteiger partial charge in [-0.25, -0.2) is 0 Å². The smallest absolute Gasteiger partial charge is 0.222 e. The highest BCUT2D eigenvalue weighted by molar-refractivity contribution is 5.76. The zero-order valence-corrected chi connectivity index (χ0v) is 12.0. The molecule has 1 N–H and O–H groups in total. The van der Waals surface area contributed by atoms with Gasteiger partial charge in [-0.3, -0.25) is 9.69 Å². The normalized spacial score (nSPS) is 29.3. The molecule has 2 rings (SSSR count). The maximum atomic E-state index is 11.8. The van der Waals surface area contributed by atoms with Crippen LogP contribution < -0.4 is 5.32 Å². The van der Waals surface area contributed by atoms with Crippen LogP contribution in [0.25, 0.3) is 0 Å². The molecule has 4 nitrogen and oxygen atoms in total. The Morgan fingerprint density at radius 2 is 1.94 bits per heavy atom. The number of hydrogen-bond donors (Lipinski definition) is 1. The molecule has 0 aromatic heterocycles. The third-order valence-electron chi connectivity index (χ3n) is 4.42. The van der Waals surface area contributed by atoms with Crippen LogP contribution in [0.3, 0.4) is 0 Å². The van der Waals surface area contributed by atoms with Crippen LogP contribution in [0.15, 0.2) is 0 Å². The molecule has 2 saturated heterocycles. The highest BCUT2D eigenvalue weighted by atomic mass is 16.2. The lowest BCUT2D eigenvalue weighted by Gasteiger charge is -2.50. The summed E-state index contributed by atoms with van der Waals surface area (Å²) in [6.45, 7) is 12.9. The molecule has 2 aliphatic heterocycles. The van der Waals surface area contributed by atoms with Gasteiger partial charge in [0.2, 0.25) is 5.91 Å². The van der Waals surface area contributed by atoms with Crippen molar-refractivity contribution in [1.29, 1.82) is 0 Å². The van der Waals surface area contributed by atoms with Crippen molar-refractivity contribution >= 4 is 5.91 Å². The molecule has 0 saturated carbocycles. The molecule has 18 heavy (non-hydrogen) atoms. The number of hydrogen-bond acceptors (Lipinski definition) is 3. The van der Waals surface area contributed by atoms with Crippen molar-refractivity contribution < 1.29 is 4.79 Å². The van der Waals surface area contributed by atoms with Gasteiger partial charge in [-0.05, 0) is 11.8 Å². The van der Waals surface area contributed by atoms with Crippen molar-refractivity contribution in [2.24, 2.45) is 5.41 Å². The van der Waals surface area contributed by atoms with Gasteiger partial charge in [0.1, 0.15) is 0 Å². The Bertz CT molecular complexity index is 297. The number of piperidine rings is 1. The van der Waals surface area contributed by atoms with Crippen LogP contribution in [0, 0.1) is 5.41 Å². The zero-order chi connectivity index (χ0) is 13.2. The minimum Gasteiger partial charge on any atom is -0.342 e. The van der Waals surface area contributed by atoms with Crippen molar-refractivity contribution in [3.8, 4) is 0 Å². The van der Waals surface area contributed by atoms with E-state index in [4.69, 9.17) is 0 Å². The average Bonchev–Trinajstić information content (AvgIpc) is 2.37. The van der Waals surface area contributed by atoms with Gasteiger partial charge in [0.05, 0.1) is 0 Å². The summed E-state index contributed by atoms with van der Waals surface area (Å²) in [6.07, 6.45) is 1.76. The van der Waals surface area contributed by atoms with Crippen LogP contribution >= 0.6 is 0 Å². The van der Waals surface area contributed by atoms with Gasteiger partial charge in [0, 0.05) is 51.7 Å². The molecule has 0 radical (unpaired) electrons. The third kappa shape index (κ3) is 2.86. The fraction of sp³-hybridized carbons (Fsp3) is 0.929. The first-order valence-electron chi connectivity index (χ1n) is 7.27. The van der Waals surface area contributed by atoms with E-state index in [1.807, 2.05) is 6.92 Å². The molecule has 0 aromatic rings. The van der Waals surface area contributed by atoms with Gasteiger partial charge in [-0.2, -0.15) is 0 Å². The van der Waals surface area contributed by atoms with E-state index < -0.39 is 0 Å². The minimum atomic E-state index is 0.209. The van der Waals surface area contributed by atoms with E-state index in [1.54, 1.807) is 0 Å². The lowest BCUT2D eigenvalue weighted by molar-refractivity contribution is -0.136. The van der Waals surface area contributed by atoms with Crippen LogP contribution in [0.2, 0.25) is 0 Å². The van der Waals surface area contributed by atoms with Crippen molar-refractivity contribution in [1.82, 2.24) is 15.1 Å². The number of amides is 1. The van der Waals surface area contributed by atoms with E-state index >= 15 is 0 Å². The molecule has 0 aromatic carbocycles. The van der Waals surface area contributed by atoms with Crippen LogP contribution in [-0.2, 0) is 4.79 Å². The third-order valence-corrected chi connectivity index (χ3v) is 4.42. The molecule has 2 aliphatic rings. The first kappa shape index (κ1) is 13.8. The van der Waals surface area contributed by atoms with Gasteiger partial charge in [-0.1, -0.05) is 20.8 Å². The Morgan fingerprint density at radius 1 is 1.28 bits per heavy atom. The zero-order valence-electron chi connectivity index (χ0n) is 12.0. The summed E-state index contributed by atoms with van der Waals surface area (Å²) in [5.74, 6) is 0.307. The first-order chi connectivity index (χ1) is 8.54. The summed E-state index contributed by atoms with van der Waals surface area (Å²) < 4.78 is 0. The highest BCUT2D eigenvalue weighted by Gasteiger charge is 2.40. The second kappa shape index (κ2) is 5.57. The van der Waals surface area contributed by atoms with Crippen LogP contribution in [0.1, 0.15) is 33.6 Å². The van der Waals surface area contributed by atoms with E-state index in [-0.39, 0.29) is 5.41 Å². The Morgan fingerprint density at radius 3 is 2.50 bits per heavy atom. The molecule has 0 aliphatic carbocycles. The number of nitrogens with one attached hydrogen (secondary N) is 1. The minimum absolute atomic E-state index is 0.209. The molecular weight excluding hydrogens is 226 g/mol. The highest BCUT2D eigenvalue weighted by Crippen LogP contribution is 2.33. The molecular formula is C14H27N3O. The van der Waals surface area contributed by atoms with E-state index in [9.17, 15) is 4.79 Å². The fourth-order valence-corrected chi connectivity index (χ4v) is 3.45. The topological polar surface area (TPSA) is 35.6 Å². The van der Waals surface area contributed by atoms with Crippen molar-refractivity contribution in [3.05, 3.63) is 0 Å². The SMILES string of the molecule is CCC(=O)N1CCC(N2CCNCC2)C(C)(C)C1. The maximum absolute atomic E-state index is 11.8. The van der Waals surface area contributed by atoms with Crippen molar-refractivity contribution in [3.63, 3.8) is 0 Å². The molecule has 0 bridgehead atoms. The summed E-state index contributed by atoms with van der Waals surface area (Å²) in [4.78, 5) is 16.5. The van der Waals surface area contributed by atoms with Gasteiger partial charge < -0.3 is 10.2 Å². The summed E-state index contributed by atoms with van der Waals surface area (Å²) in [7, 11) is 0. The lowest BCUT2D eigenvalue weighted by atomic mass is 9.77. The Hall–Kier alpha value is -0.610. The summed E-state index contributed by atoms with van der Waals surface area (Å²) >= 11 is 0. The standard InChI is InChI=1S/C14H27N3O/c1-4-13(18)17-8-5-12(14(2,3)11-17)16-9-6-15-7-10-16/h12,15H,4-11H2,1-3H3. The Balaban J connectivity index is 2.00. The first-order valence-corrected chi connectivity index (χ1v) is 7.27. The lowest BCUT2D eigenvalue weighted by Crippen LogP contribution is -2.60. The molecule has 2 fully saturated rings. The molecule has 1 atom stereocenters. The number of carbonyl (C=O) groups is 1. The van der Waals surface area contributed by atoms with Crippen molar-refractivity contribution in [2.75, 3.05) is 39.3 Å². The maximum Gasteiger partial charge on any atom is 0.222 e. The van der Waals surface area contributed by atoms with Gasteiger partial charge >= 0.3 is 0 Å². The monoisotopic (exact) mass is 253 g/mol. The fourth-order valence-electron chi connectivity index (χ4n) is 3.45. The Labute approximate surface area is 111 Å². The van der Waals surface area contributed by atoms with E-state index in [0.717, 1.165) is 45.7 Å². The second-order valence-electron chi connectivity index (χ2n) is 6.25. The number of piperazine rings is 1. The van der Waals surface area contributed by atoms with Crippen LogP contribution in [0.4, 0.5) is 0 Å². The van der Waals surface area contributed by atoms with Gasteiger partial charge in [-0.15, -0.1) is 0 Å².